The lowest BCUT2D eigenvalue weighted by molar-refractivity contribution is 0.0692. The highest BCUT2D eigenvalue weighted by Gasteiger charge is 2.29. The smallest absolute Gasteiger partial charge is 0.338 e. The van der Waals surface area contributed by atoms with Gasteiger partial charge in [-0.15, -0.1) is 0 Å². The van der Waals surface area contributed by atoms with Crippen molar-refractivity contribution in [2.24, 2.45) is 0 Å². The van der Waals surface area contributed by atoms with Gasteiger partial charge in [0.2, 0.25) is 0 Å². The number of aromatic carboxylic acids is 1. The molecule has 1 aromatic rings. The van der Waals surface area contributed by atoms with Gasteiger partial charge in [-0.2, -0.15) is 0 Å². The van der Waals surface area contributed by atoms with E-state index in [1.54, 1.807) is 6.07 Å². The van der Waals surface area contributed by atoms with Crippen LogP contribution in [0.2, 0.25) is 0 Å². The molecule has 1 saturated carbocycles. The Kier molecular flexibility index (Phi) is 3.31. The fourth-order valence-electron chi connectivity index (χ4n) is 2.01. The molecule has 92 valence electrons. The van der Waals surface area contributed by atoms with Crippen molar-refractivity contribution in [2.75, 3.05) is 11.4 Å². The molecule has 1 fully saturated rings. The summed E-state index contributed by atoms with van der Waals surface area (Å²) >= 11 is 0. The molecule has 3 nitrogen and oxygen atoms in total. The molecule has 0 atom stereocenters. The number of anilines is 1. The third-order valence-corrected chi connectivity index (χ3v) is 2.97. The molecular formula is C13H16FNO2. The molecule has 1 aromatic carbocycles. The third kappa shape index (κ3) is 2.57. The van der Waals surface area contributed by atoms with Crippen molar-refractivity contribution in [3.05, 3.63) is 29.6 Å². The van der Waals surface area contributed by atoms with Gasteiger partial charge in [0.05, 0.1) is 5.56 Å². The zero-order chi connectivity index (χ0) is 12.4. The summed E-state index contributed by atoms with van der Waals surface area (Å²) in [5.74, 6) is -1.88. The first-order valence-corrected chi connectivity index (χ1v) is 5.93. The average molecular weight is 237 g/mol. The first-order chi connectivity index (χ1) is 8.13. The molecule has 1 aliphatic carbocycles. The number of hydrogen-bond donors (Lipinski definition) is 1. The summed E-state index contributed by atoms with van der Waals surface area (Å²) in [6.07, 6.45) is 3.28. The van der Waals surface area contributed by atoms with Crippen LogP contribution in [0.4, 0.5) is 10.1 Å². The lowest BCUT2D eigenvalue weighted by Gasteiger charge is -2.24. The Bertz CT molecular complexity index is 429. The van der Waals surface area contributed by atoms with Gasteiger partial charge in [0.1, 0.15) is 5.82 Å². The van der Waals surface area contributed by atoms with Crippen LogP contribution < -0.4 is 4.90 Å². The SMILES string of the molecule is CCCN(c1ccc(C(=O)O)c(F)c1)C1CC1. The van der Waals surface area contributed by atoms with Gasteiger partial charge in [-0.3, -0.25) is 0 Å². The van der Waals surface area contributed by atoms with Gasteiger partial charge in [0, 0.05) is 18.3 Å². The summed E-state index contributed by atoms with van der Waals surface area (Å²) in [5.41, 5.74) is 0.526. The van der Waals surface area contributed by atoms with E-state index in [1.807, 2.05) is 0 Å². The zero-order valence-corrected chi connectivity index (χ0v) is 9.82. The number of carbonyl (C=O) groups is 1. The second-order valence-electron chi connectivity index (χ2n) is 4.39. The van der Waals surface area contributed by atoms with Crippen LogP contribution in [-0.4, -0.2) is 23.7 Å². The molecule has 0 aliphatic heterocycles. The quantitative estimate of drug-likeness (QED) is 0.856. The van der Waals surface area contributed by atoms with Gasteiger partial charge in [0.25, 0.3) is 0 Å². The van der Waals surface area contributed by atoms with Gasteiger partial charge in [-0.25, -0.2) is 9.18 Å². The van der Waals surface area contributed by atoms with Gasteiger partial charge in [-0.05, 0) is 37.5 Å². The Morgan fingerprint density at radius 3 is 2.71 bits per heavy atom. The van der Waals surface area contributed by atoms with Crippen LogP contribution in [0.15, 0.2) is 18.2 Å². The standard InChI is InChI=1S/C13H16FNO2/c1-2-7-15(9-3-4-9)10-5-6-11(13(16)17)12(14)8-10/h5-6,8-9H,2-4,7H2,1H3,(H,16,17). The summed E-state index contributed by atoms with van der Waals surface area (Å²) in [6, 6.07) is 4.88. The number of carboxylic acids is 1. The minimum absolute atomic E-state index is 0.263. The van der Waals surface area contributed by atoms with Gasteiger partial charge < -0.3 is 10.0 Å². The van der Waals surface area contributed by atoms with Gasteiger partial charge in [0.15, 0.2) is 0 Å². The fraction of sp³-hybridized carbons (Fsp3) is 0.462. The Morgan fingerprint density at radius 1 is 1.53 bits per heavy atom. The van der Waals surface area contributed by atoms with E-state index in [1.165, 1.54) is 12.1 Å². The van der Waals surface area contributed by atoms with Gasteiger partial charge in [-0.1, -0.05) is 6.92 Å². The van der Waals surface area contributed by atoms with Crippen LogP contribution in [0.5, 0.6) is 0 Å². The first-order valence-electron chi connectivity index (χ1n) is 5.93. The van der Waals surface area contributed by atoms with Crippen LogP contribution >= 0.6 is 0 Å². The van der Waals surface area contributed by atoms with E-state index in [4.69, 9.17) is 5.11 Å². The van der Waals surface area contributed by atoms with Gasteiger partial charge >= 0.3 is 5.97 Å². The number of nitrogens with zero attached hydrogens (tertiary/aromatic N) is 1. The predicted octanol–water partition coefficient (Wildman–Crippen LogP) is 2.90. The molecule has 0 amide bonds. The predicted molar refractivity (Wildman–Crippen MR) is 64.0 cm³/mol. The highest BCUT2D eigenvalue weighted by Crippen LogP contribution is 2.32. The highest BCUT2D eigenvalue weighted by molar-refractivity contribution is 5.88. The van der Waals surface area contributed by atoms with Crippen molar-refractivity contribution in [3.63, 3.8) is 0 Å². The Balaban J connectivity index is 2.25. The van der Waals surface area contributed by atoms with Crippen LogP contribution in [0, 0.1) is 5.82 Å². The minimum atomic E-state index is -1.22. The average Bonchev–Trinajstić information content (AvgIpc) is 3.09. The molecule has 0 radical (unpaired) electrons. The van der Waals surface area contributed by atoms with Crippen LogP contribution in [-0.2, 0) is 0 Å². The highest BCUT2D eigenvalue weighted by atomic mass is 19.1. The Hall–Kier alpha value is -1.58. The van der Waals surface area contributed by atoms with E-state index in [0.717, 1.165) is 31.5 Å². The van der Waals surface area contributed by atoms with Crippen molar-refractivity contribution in [2.45, 2.75) is 32.2 Å². The number of rotatable bonds is 5. The zero-order valence-electron chi connectivity index (χ0n) is 9.82. The Labute approximate surface area is 99.9 Å². The lowest BCUT2D eigenvalue weighted by Crippen LogP contribution is -2.26. The van der Waals surface area contributed by atoms with E-state index in [2.05, 4.69) is 11.8 Å². The molecule has 2 rings (SSSR count). The number of hydrogen-bond acceptors (Lipinski definition) is 2. The molecule has 1 N–H and O–H groups in total. The summed E-state index contributed by atoms with van der Waals surface area (Å²) in [4.78, 5) is 12.9. The molecule has 0 aromatic heterocycles. The van der Waals surface area contributed by atoms with E-state index in [9.17, 15) is 9.18 Å². The van der Waals surface area contributed by atoms with Crippen LogP contribution in [0.1, 0.15) is 36.5 Å². The molecule has 0 bridgehead atoms. The molecule has 0 heterocycles. The van der Waals surface area contributed by atoms with E-state index < -0.39 is 11.8 Å². The minimum Gasteiger partial charge on any atom is -0.478 e. The molecule has 0 unspecified atom stereocenters. The maximum absolute atomic E-state index is 13.6. The van der Waals surface area contributed by atoms with Crippen molar-refractivity contribution in [3.8, 4) is 0 Å². The largest absolute Gasteiger partial charge is 0.478 e. The maximum Gasteiger partial charge on any atom is 0.338 e. The number of halogens is 1. The van der Waals surface area contributed by atoms with Crippen LogP contribution in [0.3, 0.4) is 0 Å². The van der Waals surface area contributed by atoms with Crippen molar-refractivity contribution >= 4 is 11.7 Å². The normalized spacial score (nSPS) is 14.7. The summed E-state index contributed by atoms with van der Waals surface area (Å²) in [5, 5.41) is 8.77. The monoisotopic (exact) mass is 237 g/mol. The molecule has 0 saturated heterocycles. The van der Waals surface area contributed by atoms with Crippen molar-refractivity contribution < 1.29 is 14.3 Å². The third-order valence-electron chi connectivity index (χ3n) is 2.97. The second-order valence-corrected chi connectivity index (χ2v) is 4.39. The second kappa shape index (κ2) is 4.73. The number of benzene rings is 1. The lowest BCUT2D eigenvalue weighted by atomic mass is 10.1. The van der Waals surface area contributed by atoms with E-state index in [-0.39, 0.29) is 5.56 Å². The van der Waals surface area contributed by atoms with E-state index >= 15 is 0 Å². The fourth-order valence-corrected chi connectivity index (χ4v) is 2.01. The maximum atomic E-state index is 13.6. The summed E-state index contributed by atoms with van der Waals surface area (Å²) in [6.45, 7) is 2.97. The van der Waals surface area contributed by atoms with E-state index in [0.29, 0.717) is 6.04 Å². The number of carboxylic acid groups (broad SMARTS) is 1. The molecule has 4 heteroatoms. The van der Waals surface area contributed by atoms with Crippen molar-refractivity contribution in [1.82, 2.24) is 0 Å². The van der Waals surface area contributed by atoms with Crippen molar-refractivity contribution in [1.29, 1.82) is 0 Å². The van der Waals surface area contributed by atoms with Crippen LogP contribution in [0.25, 0.3) is 0 Å². The molecule has 17 heavy (non-hydrogen) atoms. The summed E-state index contributed by atoms with van der Waals surface area (Å²) in [7, 11) is 0. The topological polar surface area (TPSA) is 40.5 Å². The molecule has 0 spiro atoms. The molecular weight excluding hydrogens is 221 g/mol. The molecule has 1 aliphatic rings. The Morgan fingerprint density at radius 2 is 2.24 bits per heavy atom. The summed E-state index contributed by atoms with van der Waals surface area (Å²) < 4.78 is 13.6. The first kappa shape index (κ1) is 11.9.